The molecule has 1 amide bonds. The second-order valence-electron chi connectivity index (χ2n) is 3.61. The van der Waals surface area contributed by atoms with Gasteiger partial charge in [0.25, 0.3) is 0 Å². The minimum Gasteiger partial charge on any atom is -0.356 e. The third-order valence-corrected chi connectivity index (χ3v) is 2.20. The van der Waals surface area contributed by atoms with E-state index in [4.69, 9.17) is 0 Å². The van der Waals surface area contributed by atoms with Gasteiger partial charge in [0.05, 0.1) is 6.42 Å². The Kier molecular flexibility index (Phi) is 5.50. The number of hydrogen-bond donors (Lipinski definition) is 2. The first-order valence-corrected chi connectivity index (χ1v) is 5.38. The summed E-state index contributed by atoms with van der Waals surface area (Å²) in [5, 5.41) is 5.81. The quantitative estimate of drug-likeness (QED) is 0.710. The molecule has 0 fully saturated rings. The first kappa shape index (κ1) is 12.6. The van der Waals surface area contributed by atoms with E-state index in [0.717, 1.165) is 18.5 Å². The van der Waals surface area contributed by atoms with E-state index in [2.05, 4.69) is 10.6 Å². The molecule has 16 heavy (non-hydrogen) atoms. The number of rotatable bonds is 6. The van der Waals surface area contributed by atoms with Crippen LogP contribution in [0.4, 0.5) is 4.39 Å². The maximum atomic E-state index is 12.6. The van der Waals surface area contributed by atoms with Crippen molar-refractivity contribution in [3.63, 3.8) is 0 Å². The molecular formula is C12H17FN2O. The van der Waals surface area contributed by atoms with Crippen LogP contribution in [-0.2, 0) is 11.2 Å². The summed E-state index contributed by atoms with van der Waals surface area (Å²) in [5.41, 5.74) is 0.826. The van der Waals surface area contributed by atoms with Crippen molar-refractivity contribution in [3.05, 3.63) is 35.6 Å². The predicted molar refractivity (Wildman–Crippen MR) is 61.7 cm³/mol. The molecule has 1 aromatic carbocycles. The number of carbonyl (C=O) groups excluding carboxylic acids is 1. The fourth-order valence-electron chi connectivity index (χ4n) is 1.34. The molecule has 0 radical (unpaired) electrons. The lowest BCUT2D eigenvalue weighted by Gasteiger charge is -2.04. The highest BCUT2D eigenvalue weighted by Crippen LogP contribution is 2.03. The van der Waals surface area contributed by atoms with Gasteiger partial charge in [-0.3, -0.25) is 4.79 Å². The van der Waals surface area contributed by atoms with Crippen molar-refractivity contribution in [2.24, 2.45) is 0 Å². The Morgan fingerprint density at radius 1 is 1.25 bits per heavy atom. The third kappa shape index (κ3) is 4.89. The van der Waals surface area contributed by atoms with Gasteiger partial charge >= 0.3 is 0 Å². The summed E-state index contributed by atoms with van der Waals surface area (Å²) in [6.45, 7) is 1.55. The summed E-state index contributed by atoms with van der Waals surface area (Å²) in [6.07, 6.45) is 1.21. The number of benzene rings is 1. The van der Waals surface area contributed by atoms with E-state index < -0.39 is 0 Å². The molecule has 3 nitrogen and oxygen atoms in total. The second-order valence-corrected chi connectivity index (χ2v) is 3.61. The molecule has 2 N–H and O–H groups in total. The SMILES string of the molecule is CNCCCNC(=O)Cc1ccc(F)cc1. The molecule has 1 aromatic rings. The van der Waals surface area contributed by atoms with E-state index in [9.17, 15) is 9.18 Å². The average molecular weight is 224 g/mol. The highest BCUT2D eigenvalue weighted by molar-refractivity contribution is 5.78. The lowest BCUT2D eigenvalue weighted by molar-refractivity contribution is -0.120. The van der Waals surface area contributed by atoms with E-state index >= 15 is 0 Å². The molecule has 0 spiro atoms. The van der Waals surface area contributed by atoms with Gasteiger partial charge in [0, 0.05) is 6.54 Å². The Morgan fingerprint density at radius 3 is 2.56 bits per heavy atom. The van der Waals surface area contributed by atoms with Crippen LogP contribution < -0.4 is 10.6 Å². The fraction of sp³-hybridized carbons (Fsp3) is 0.417. The monoisotopic (exact) mass is 224 g/mol. The van der Waals surface area contributed by atoms with Gasteiger partial charge in [-0.05, 0) is 37.7 Å². The van der Waals surface area contributed by atoms with Crippen LogP contribution in [0.15, 0.2) is 24.3 Å². The summed E-state index contributed by atoms with van der Waals surface area (Å²) in [7, 11) is 1.88. The summed E-state index contributed by atoms with van der Waals surface area (Å²) >= 11 is 0. The Bertz CT molecular complexity index is 324. The second kappa shape index (κ2) is 6.95. The van der Waals surface area contributed by atoms with Gasteiger partial charge in [0.15, 0.2) is 0 Å². The molecule has 0 aliphatic heterocycles. The third-order valence-electron chi connectivity index (χ3n) is 2.20. The number of nitrogens with one attached hydrogen (secondary N) is 2. The van der Waals surface area contributed by atoms with Crippen molar-refractivity contribution in [1.82, 2.24) is 10.6 Å². The lowest BCUT2D eigenvalue weighted by Crippen LogP contribution is -2.27. The Labute approximate surface area is 95.0 Å². The normalized spacial score (nSPS) is 10.1. The first-order chi connectivity index (χ1) is 7.72. The van der Waals surface area contributed by atoms with Crippen molar-refractivity contribution in [2.45, 2.75) is 12.8 Å². The van der Waals surface area contributed by atoms with Crippen molar-refractivity contribution < 1.29 is 9.18 Å². The molecular weight excluding hydrogens is 207 g/mol. The first-order valence-electron chi connectivity index (χ1n) is 5.38. The molecule has 0 saturated heterocycles. The largest absolute Gasteiger partial charge is 0.356 e. The van der Waals surface area contributed by atoms with Crippen LogP contribution in [0.2, 0.25) is 0 Å². The van der Waals surface area contributed by atoms with Crippen molar-refractivity contribution in [3.8, 4) is 0 Å². The van der Waals surface area contributed by atoms with Crippen LogP contribution in [0, 0.1) is 5.82 Å². The average Bonchev–Trinajstić information content (AvgIpc) is 2.28. The molecule has 4 heteroatoms. The summed E-state index contributed by atoms with van der Waals surface area (Å²) in [4.78, 5) is 11.4. The zero-order chi connectivity index (χ0) is 11.8. The molecule has 0 aliphatic rings. The zero-order valence-electron chi connectivity index (χ0n) is 9.42. The van der Waals surface area contributed by atoms with Crippen LogP contribution in [0.5, 0.6) is 0 Å². The number of carbonyl (C=O) groups is 1. The minimum absolute atomic E-state index is 0.0253. The van der Waals surface area contributed by atoms with Gasteiger partial charge in [-0.25, -0.2) is 4.39 Å². The van der Waals surface area contributed by atoms with Crippen LogP contribution in [0.1, 0.15) is 12.0 Å². The van der Waals surface area contributed by atoms with E-state index in [1.165, 1.54) is 12.1 Å². The van der Waals surface area contributed by atoms with Gasteiger partial charge in [-0.15, -0.1) is 0 Å². The van der Waals surface area contributed by atoms with Gasteiger partial charge in [-0.2, -0.15) is 0 Å². The predicted octanol–water partition coefficient (Wildman–Crippen LogP) is 1.09. The molecule has 0 aromatic heterocycles. The van der Waals surface area contributed by atoms with Crippen molar-refractivity contribution >= 4 is 5.91 Å². The standard InChI is InChI=1S/C12H17FN2O/c1-14-7-2-8-15-12(16)9-10-3-5-11(13)6-4-10/h3-6,14H,2,7-9H2,1H3,(H,15,16). The van der Waals surface area contributed by atoms with Gasteiger partial charge in [-0.1, -0.05) is 12.1 Å². The summed E-state index contributed by atoms with van der Waals surface area (Å²) in [6, 6.07) is 5.98. The van der Waals surface area contributed by atoms with Crippen molar-refractivity contribution in [1.29, 1.82) is 0 Å². The molecule has 0 unspecified atom stereocenters. The van der Waals surface area contributed by atoms with E-state index in [-0.39, 0.29) is 11.7 Å². The van der Waals surface area contributed by atoms with Crippen LogP contribution in [-0.4, -0.2) is 26.0 Å². The number of hydrogen-bond acceptors (Lipinski definition) is 2. The van der Waals surface area contributed by atoms with E-state index in [1.54, 1.807) is 12.1 Å². The number of halogens is 1. The Balaban J connectivity index is 2.26. The van der Waals surface area contributed by atoms with E-state index in [0.29, 0.717) is 13.0 Å². The highest BCUT2D eigenvalue weighted by atomic mass is 19.1. The molecule has 0 saturated carbocycles. The van der Waals surface area contributed by atoms with Crippen LogP contribution >= 0.6 is 0 Å². The lowest BCUT2D eigenvalue weighted by atomic mass is 10.1. The molecule has 88 valence electrons. The minimum atomic E-state index is -0.279. The highest BCUT2D eigenvalue weighted by Gasteiger charge is 2.02. The van der Waals surface area contributed by atoms with Crippen molar-refractivity contribution in [2.75, 3.05) is 20.1 Å². The van der Waals surface area contributed by atoms with E-state index in [1.807, 2.05) is 7.05 Å². The zero-order valence-corrected chi connectivity index (χ0v) is 9.42. The van der Waals surface area contributed by atoms with Gasteiger partial charge < -0.3 is 10.6 Å². The molecule has 1 rings (SSSR count). The maximum Gasteiger partial charge on any atom is 0.224 e. The van der Waals surface area contributed by atoms with Crippen LogP contribution in [0.3, 0.4) is 0 Å². The Hall–Kier alpha value is -1.42. The van der Waals surface area contributed by atoms with Gasteiger partial charge in [0.2, 0.25) is 5.91 Å². The summed E-state index contributed by atoms with van der Waals surface area (Å²) in [5.74, 6) is -0.305. The fourth-order valence-corrected chi connectivity index (χ4v) is 1.34. The molecule has 0 bridgehead atoms. The smallest absolute Gasteiger partial charge is 0.224 e. The molecule has 0 heterocycles. The molecule has 0 atom stereocenters. The molecule has 0 aliphatic carbocycles. The van der Waals surface area contributed by atoms with Gasteiger partial charge in [0.1, 0.15) is 5.82 Å². The Morgan fingerprint density at radius 2 is 1.94 bits per heavy atom. The topological polar surface area (TPSA) is 41.1 Å². The summed E-state index contributed by atoms with van der Waals surface area (Å²) < 4.78 is 12.6. The number of amides is 1. The maximum absolute atomic E-state index is 12.6. The van der Waals surface area contributed by atoms with Crippen LogP contribution in [0.25, 0.3) is 0 Å².